The number of nitrogens with zero attached hydrogens (tertiary/aromatic N) is 3. The molecule has 10 heteroatoms. The van der Waals surface area contributed by atoms with Crippen LogP contribution in [0.1, 0.15) is 16.7 Å². The average Bonchev–Trinajstić information content (AvgIpc) is 2.73. The number of hydrogen-bond acceptors (Lipinski definition) is 6. The summed E-state index contributed by atoms with van der Waals surface area (Å²) in [6, 6.07) is 13.4. The molecule has 7 nitrogen and oxygen atoms in total. The summed E-state index contributed by atoms with van der Waals surface area (Å²) in [4.78, 5) is 18.8. The molecule has 0 fully saturated rings. The van der Waals surface area contributed by atoms with Crippen LogP contribution in [0.5, 0.6) is 5.75 Å². The molecule has 2 aromatic carbocycles. The summed E-state index contributed by atoms with van der Waals surface area (Å²) < 4.78 is 43.9. The number of benzene rings is 2. The summed E-state index contributed by atoms with van der Waals surface area (Å²) in [5.74, 6) is 0.0971. The molecule has 3 aromatic rings. The molecule has 0 saturated carbocycles. The van der Waals surface area contributed by atoms with E-state index in [2.05, 4.69) is 20.5 Å². The average molecular weight is 413 g/mol. The van der Waals surface area contributed by atoms with Gasteiger partial charge in [-0.05, 0) is 18.2 Å². The number of hydrogen-bond donors (Lipinski definition) is 2. The van der Waals surface area contributed by atoms with Gasteiger partial charge in [-0.1, -0.05) is 30.3 Å². The number of alkyl halides is 3. The highest BCUT2D eigenvalue weighted by molar-refractivity contribution is 5.84. The topological polar surface area (TPSA) is 103 Å². The van der Waals surface area contributed by atoms with E-state index in [1.54, 1.807) is 30.3 Å². The third-order valence-corrected chi connectivity index (χ3v) is 4.01. The Morgan fingerprint density at radius 2 is 1.97 bits per heavy atom. The predicted molar refractivity (Wildman–Crippen MR) is 104 cm³/mol. The first-order valence-electron chi connectivity index (χ1n) is 8.47. The highest BCUT2D eigenvalue weighted by Crippen LogP contribution is 2.32. The smallest absolute Gasteiger partial charge is 0.416 e. The Morgan fingerprint density at radius 3 is 2.60 bits per heavy atom. The van der Waals surface area contributed by atoms with Crippen molar-refractivity contribution in [2.24, 2.45) is 5.10 Å². The van der Waals surface area contributed by atoms with Gasteiger partial charge >= 0.3 is 6.18 Å². The first kappa shape index (κ1) is 20.6. The molecule has 1 aromatic heterocycles. The van der Waals surface area contributed by atoms with E-state index in [1.165, 1.54) is 13.2 Å². The monoisotopic (exact) mass is 413 g/mol. The van der Waals surface area contributed by atoms with Crippen molar-refractivity contribution in [3.05, 3.63) is 75.6 Å². The number of aromatic amines is 1. The Hall–Kier alpha value is -4.13. The van der Waals surface area contributed by atoms with Crippen molar-refractivity contribution in [1.82, 2.24) is 9.97 Å². The van der Waals surface area contributed by atoms with E-state index >= 15 is 0 Å². The fraction of sp³-hybridized carbons (Fsp3) is 0.100. The number of anilines is 1. The van der Waals surface area contributed by atoms with Crippen LogP contribution < -0.4 is 15.7 Å². The first-order valence-corrected chi connectivity index (χ1v) is 8.47. The molecule has 0 spiro atoms. The van der Waals surface area contributed by atoms with E-state index in [-0.39, 0.29) is 28.5 Å². The van der Waals surface area contributed by atoms with Gasteiger partial charge in [0, 0.05) is 11.1 Å². The largest absolute Gasteiger partial charge is 0.496 e. The molecule has 3 rings (SSSR count). The number of nitrogens with one attached hydrogen (secondary N) is 2. The fourth-order valence-corrected chi connectivity index (χ4v) is 2.61. The molecular weight excluding hydrogens is 399 g/mol. The van der Waals surface area contributed by atoms with Gasteiger partial charge in [0.05, 0.1) is 24.6 Å². The van der Waals surface area contributed by atoms with Gasteiger partial charge < -0.3 is 4.74 Å². The SMILES string of the molecule is COc1ccc(C(F)(F)F)cc1C=NNc1nc(-c2ccccc2)c(C#N)c(=O)[nH]1. The van der Waals surface area contributed by atoms with Crippen LogP contribution >= 0.6 is 0 Å². The molecular formula is C20H14F3N5O2. The molecule has 0 amide bonds. The highest BCUT2D eigenvalue weighted by Gasteiger charge is 2.31. The van der Waals surface area contributed by atoms with Crippen LogP contribution in [-0.2, 0) is 6.18 Å². The fourth-order valence-electron chi connectivity index (χ4n) is 2.61. The Bertz CT molecular complexity index is 1180. The zero-order valence-electron chi connectivity index (χ0n) is 15.5. The van der Waals surface area contributed by atoms with Crippen LogP contribution in [0.25, 0.3) is 11.3 Å². The lowest BCUT2D eigenvalue weighted by atomic mass is 10.1. The Morgan fingerprint density at radius 1 is 1.23 bits per heavy atom. The second kappa shape index (κ2) is 8.48. The zero-order valence-corrected chi connectivity index (χ0v) is 15.5. The van der Waals surface area contributed by atoms with Gasteiger partial charge in [-0.3, -0.25) is 9.78 Å². The number of nitriles is 1. The van der Waals surface area contributed by atoms with Gasteiger partial charge in [0.25, 0.3) is 5.56 Å². The number of aromatic nitrogens is 2. The molecule has 0 radical (unpaired) electrons. The molecule has 0 aliphatic carbocycles. The van der Waals surface area contributed by atoms with Crippen molar-refractivity contribution in [2.45, 2.75) is 6.18 Å². The van der Waals surface area contributed by atoms with Crippen LogP contribution in [0.15, 0.2) is 58.4 Å². The minimum atomic E-state index is -4.52. The van der Waals surface area contributed by atoms with Gasteiger partial charge in [-0.2, -0.15) is 23.5 Å². The molecule has 0 atom stereocenters. The molecule has 152 valence electrons. The third kappa shape index (κ3) is 4.47. The van der Waals surface area contributed by atoms with Crippen molar-refractivity contribution in [3.63, 3.8) is 0 Å². The van der Waals surface area contributed by atoms with Crippen molar-refractivity contribution in [2.75, 3.05) is 12.5 Å². The number of rotatable bonds is 5. The molecule has 0 aliphatic rings. The Balaban J connectivity index is 1.93. The van der Waals surface area contributed by atoms with Crippen LogP contribution in [0, 0.1) is 11.3 Å². The molecule has 0 unspecified atom stereocenters. The molecule has 1 heterocycles. The number of ether oxygens (including phenoxy) is 1. The maximum atomic E-state index is 12.9. The van der Waals surface area contributed by atoms with E-state index in [0.29, 0.717) is 5.56 Å². The summed E-state index contributed by atoms with van der Waals surface area (Å²) in [7, 11) is 1.32. The predicted octanol–water partition coefficient (Wildman–Crippen LogP) is 3.78. The Labute approximate surface area is 168 Å². The maximum Gasteiger partial charge on any atom is 0.416 e. The molecule has 0 aliphatic heterocycles. The Kier molecular flexibility index (Phi) is 5.83. The zero-order chi connectivity index (χ0) is 21.7. The van der Waals surface area contributed by atoms with Crippen molar-refractivity contribution < 1.29 is 17.9 Å². The highest BCUT2D eigenvalue weighted by atomic mass is 19.4. The maximum absolute atomic E-state index is 12.9. The minimum absolute atomic E-state index is 0.0686. The summed E-state index contributed by atoms with van der Waals surface area (Å²) in [6.45, 7) is 0. The van der Waals surface area contributed by atoms with E-state index < -0.39 is 17.3 Å². The van der Waals surface area contributed by atoms with Gasteiger partial charge in [0.1, 0.15) is 17.4 Å². The number of hydrazone groups is 1. The molecule has 30 heavy (non-hydrogen) atoms. The quantitative estimate of drug-likeness (QED) is 0.489. The third-order valence-electron chi connectivity index (χ3n) is 4.01. The normalized spacial score (nSPS) is 11.3. The second-order valence-electron chi connectivity index (χ2n) is 5.94. The number of methoxy groups -OCH3 is 1. The second-order valence-corrected chi connectivity index (χ2v) is 5.94. The van der Waals surface area contributed by atoms with Crippen molar-refractivity contribution >= 4 is 12.2 Å². The lowest BCUT2D eigenvalue weighted by molar-refractivity contribution is -0.137. The lowest BCUT2D eigenvalue weighted by Crippen LogP contribution is -2.16. The van der Waals surface area contributed by atoms with E-state index in [9.17, 15) is 23.2 Å². The van der Waals surface area contributed by atoms with E-state index in [1.807, 2.05) is 6.07 Å². The van der Waals surface area contributed by atoms with Crippen molar-refractivity contribution in [3.8, 4) is 23.1 Å². The van der Waals surface area contributed by atoms with Crippen LogP contribution in [-0.4, -0.2) is 23.3 Å². The number of halogens is 3. The molecule has 0 bridgehead atoms. The standard InChI is InChI=1S/C20H14F3N5O2/c1-30-16-8-7-14(20(21,22)23)9-13(16)11-25-28-19-26-17(12-5-3-2-4-6-12)15(10-24)18(29)27-19/h2-9,11H,1H3,(H2,26,27,28,29). The summed E-state index contributed by atoms with van der Waals surface area (Å²) in [6.07, 6.45) is -3.42. The van der Waals surface area contributed by atoms with Gasteiger partial charge in [0.2, 0.25) is 5.95 Å². The summed E-state index contributed by atoms with van der Waals surface area (Å²) in [5, 5.41) is 13.1. The minimum Gasteiger partial charge on any atom is -0.496 e. The van der Waals surface area contributed by atoms with Gasteiger partial charge in [-0.15, -0.1) is 0 Å². The van der Waals surface area contributed by atoms with Crippen LogP contribution in [0.2, 0.25) is 0 Å². The summed E-state index contributed by atoms with van der Waals surface area (Å²) in [5.41, 5.74) is 1.52. The van der Waals surface area contributed by atoms with Crippen LogP contribution in [0.4, 0.5) is 19.1 Å². The van der Waals surface area contributed by atoms with Crippen LogP contribution in [0.3, 0.4) is 0 Å². The van der Waals surface area contributed by atoms with Gasteiger partial charge in [0.15, 0.2) is 0 Å². The van der Waals surface area contributed by atoms with E-state index in [4.69, 9.17) is 4.74 Å². The van der Waals surface area contributed by atoms with Crippen molar-refractivity contribution in [1.29, 1.82) is 5.26 Å². The lowest BCUT2D eigenvalue weighted by Gasteiger charge is -2.10. The molecule has 0 saturated heterocycles. The van der Waals surface area contributed by atoms with E-state index in [0.717, 1.165) is 18.3 Å². The van der Waals surface area contributed by atoms with Gasteiger partial charge in [-0.25, -0.2) is 10.4 Å². The summed E-state index contributed by atoms with van der Waals surface area (Å²) >= 11 is 0. The number of H-pyrrole nitrogens is 1. The molecule has 2 N–H and O–H groups in total. The first-order chi connectivity index (χ1) is 14.3.